The highest BCUT2D eigenvalue weighted by atomic mass is 79.9. The largest absolute Gasteiger partial charge is 0.381 e. The Bertz CT molecular complexity index is 1330. The highest BCUT2D eigenvalue weighted by Gasteiger charge is 2.14. The molecule has 0 aliphatic carbocycles. The Morgan fingerprint density at radius 3 is 2.58 bits per heavy atom. The zero-order chi connectivity index (χ0) is 22.0. The zero-order valence-electron chi connectivity index (χ0n) is 16.3. The summed E-state index contributed by atoms with van der Waals surface area (Å²) in [4.78, 5) is 9.44. The van der Waals surface area contributed by atoms with E-state index < -0.39 is 6.10 Å². The topological polar surface area (TPSA) is 58.0 Å². The predicted molar refractivity (Wildman–Crippen MR) is 126 cm³/mol. The van der Waals surface area contributed by atoms with Crippen LogP contribution in [0.5, 0.6) is 0 Å². The molecule has 0 radical (unpaired) electrons. The highest BCUT2D eigenvalue weighted by molar-refractivity contribution is 9.10. The molecular weight excluding hydrogens is 481 g/mol. The molecule has 0 aliphatic rings. The van der Waals surface area contributed by atoms with E-state index in [1.807, 2.05) is 24.3 Å². The Morgan fingerprint density at radius 2 is 1.87 bits per heavy atom. The lowest BCUT2D eigenvalue weighted by molar-refractivity contribution is 0.253. The fraction of sp³-hybridized carbons (Fsp3) is 0.0833. The average molecular weight is 497 g/mol. The van der Waals surface area contributed by atoms with E-state index in [0.717, 1.165) is 10.0 Å². The van der Waals surface area contributed by atoms with Crippen molar-refractivity contribution in [2.24, 2.45) is 0 Å². The first-order chi connectivity index (χ1) is 14.9. The van der Waals surface area contributed by atoms with Gasteiger partial charge in [0.1, 0.15) is 17.7 Å². The molecule has 1 atom stereocenters. The van der Waals surface area contributed by atoms with Gasteiger partial charge in [-0.05, 0) is 61.5 Å². The Hall–Kier alpha value is -2.98. The lowest BCUT2D eigenvalue weighted by Gasteiger charge is -2.13. The molecule has 1 heterocycles. The van der Waals surface area contributed by atoms with Gasteiger partial charge in [-0.1, -0.05) is 45.4 Å². The number of aromatic nitrogens is 2. The van der Waals surface area contributed by atoms with E-state index >= 15 is 0 Å². The van der Waals surface area contributed by atoms with Crippen LogP contribution in [-0.4, -0.2) is 21.2 Å². The number of halogens is 3. The van der Waals surface area contributed by atoms with Crippen LogP contribution in [0.3, 0.4) is 0 Å². The molecule has 0 spiro atoms. The fourth-order valence-electron chi connectivity index (χ4n) is 3.00. The molecule has 4 nitrogen and oxygen atoms in total. The van der Waals surface area contributed by atoms with Gasteiger partial charge >= 0.3 is 0 Å². The van der Waals surface area contributed by atoms with Crippen molar-refractivity contribution in [2.45, 2.75) is 13.0 Å². The standard InChI is InChI=1S/C24H16BrClFN3O/c1-14(31)5-6-16-11-17(25)12-21-22(16)29-23(15-7-9-18(26)10-8-15)30-24(21)28-20-4-2-3-19(27)13-20/h2-4,7-14,31H,1H3,(H,28,29,30). The van der Waals surface area contributed by atoms with E-state index in [0.29, 0.717) is 38.8 Å². The van der Waals surface area contributed by atoms with Crippen LogP contribution in [0, 0.1) is 17.7 Å². The number of aliphatic hydroxyl groups excluding tert-OH is 1. The summed E-state index contributed by atoms with van der Waals surface area (Å²) in [6.45, 7) is 1.60. The maximum absolute atomic E-state index is 13.7. The summed E-state index contributed by atoms with van der Waals surface area (Å²) in [5.41, 5.74) is 2.56. The number of nitrogens with one attached hydrogen (secondary N) is 1. The fourth-order valence-corrected chi connectivity index (χ4v) is 3.58. The number of hydrogen-bond donors (Lipinski definition) is 2. The maximum Gasteiger partial charge on any atom is 0.162 e. The van der Waals surface area contributed by atoms with Gasteiger partial charge in [-0.3, -0.25) is 0 Å². The minimum Gasteiger partial charge on any atom is -0.381 e. The summed E-state index contributed by atoms with van der Waals surface area (Å²) in [6, 6.07) is 17.0. The Kier molecular flexibility index (Phi) is 6.19. The van der Waals surface area contributed by atoms with Gasteiger partial charge in [-0.2, -0.15) is 0 Å². The molecule has 0 saturated heterocycles. The smallest absolute Gasteiger partial charge is 0.162 e. The van der Waals surface area contributed by atoms with E-state index in [2.05, 4.69) is 33.1 Å². The quantitative estimate of drug-likeness (QED) is 0.326. The van der Waals surface area contributed by atoms with Gasteiger partial charge in [0.15, 0.2) is 5.82 Å². The monoisotopic (exact) mass is 495 g/mol. The molecule has 0 fully saturated rings. The van der Waals surface area contributed by atoms with Crippen molar-refractivity contribution in [3.63, 3.8) is 0 Å². The molecule has 0 saturated carbocycles. The first-order valence-corrected chi connectivity index (χ1v) is 10.6. The van der Waals surface area contributed by atoms with Crippen molar-refractivity contribution in [1.82, 2.24) is 9.97 Å². The summed E-state index contributed by atoms with van der Waals surface area (Å²) in [5.74, 6) is 6.36. The minimum absolute atomic E-state index is 0.356. The molecule has 154 valence electrons. The summed E-state index contributed by atoms with van der Waals surface area (Å²) in [5, 5.41) is 14.1. The van der Waals surface area contributed by atoms with Gasteiger partial charge in [0, 0.05) is 26.1 Å². The number of benzene rings is 3. The summed E-state index contributed by atoms with van der Waals surface area (Å²) in [6.07, 6.45) is -0.781. The molecule has 31 heavy (non-hydrogen) atoms. The molecule has 3 aromatic carbocycles. The lowest BCUT2D eigenvalue weighted by Crippen LogP contribution is -2.01. The number of aliphatic hydroxyl groups is 1. The van der Waals surface area contributed by atoms with Crippen LogP contribution >= 0.6 is 27.5 Å². The van der Waals surface area contributed by atoms with Crippen LogP contribution < -0.4 is 5.32 Å². The normalized spacial score (nSPS) is 11.6. The Balaban J connectivity index is 1.97. The van der Waals surface area contributed by atoms with Crippen molar-refractivity contribution < 1.29 is 9.50 Å². The number of hydrogen-bond acceptors (Lipinski definition) is 4. The van der Waals surface area contributed by atoms with Crippen LogP contribution in [-0.2, 0) is 0 Å². The second-order valence-corrected chi connectivity index (χ2v) is 8.18. The van der Waals surface area contributed by atoms with E-state index in [4.69, 9.17) is 21.6 Å². The number of anilines is 2. The molecule has 4 aromatic rings. The zero-order valence-corrected chi connectivity index (χ0v) is 18.7. The Labute approximate surface area is 192 Å². The summed E-state index contributed by atoms with van der Waals surface area (Å²) in [7, 11) is 0. The van der Waals surface area contributed by atoms with Crippen molar-refractivity contribution >= 4 is 49.9 Å². The predicted octanol–water partition coefficient (Wildman–Crippen LogP) is 6.33. The van der Waals surface area contributed by atoms with E-state index in [1.165, 1.54) is 12.1 Å². The average Bonchev–Trinajstić information content (AvgIpc) is 2.73. The van der Waals surface area contributed by atoms with Crippen LogP contribution in [0.1, 0.15) is 12.5 Å². The van der Waals surface area contributed by atoms with Gasteiger partial charge < -0.3 is 10.4 Å². The van der Waals surface area contributed by atoms with Crippen molar-refractivity contribution in [3.05, 3.63) is 81.5 Å². The molecule has 0 aliphatic heterocycles. The van der Waals surface area contributed by atoms with Crippen LogP contribution in [0.25, 0.3) is 22.3 Å². The van der Waals surface area contributed by atoms with Crippen molar-refractivity contribution in [3.8, 4) is 23.2 Å². The van der Waals surface area contributed by atoms with Crippen LogP contribution in [0.4, 0.5) is 15.9 Å². The molecule has 0 amide bonds. The van der Waals surface area contributed by atoms with Gasteiger partial charge in [0.05, 0.1) is 11.1 Å². The number of nitrogens with zero attached hydrogens (tertiary/aromatic N) is 2. The molecule has 7 heteroatoms. The van der Waals surface area contributed by atoms with Gasteiger partial charge in [-0.15, -0.1) is 0 Å². The molecule has 2 N–H and O–H groups in total. The highest BCUT2D eigenvalue weighted by Crippen LogP contribution is 2.32. The van der Waals surface area contributed by atoms with E-state index in [1.54, 1.807) is 31.2 Å². The minimum atomic E-state index is -0.781. The molecule has 0 bridgehead atoms. The van der Waals surface area contributed by atoms with Crippen LogP contribution in [0.2, 0.25) is 5.02 Å². The third kappa shape index (κ3) is 5.02. The Morgan fingerprint density at radius 1 is 1.10 bits per heavy atom. The van der Waals surface area contributed by atoms with Crippen LogP contribution in [0.15, 0.2) is 65.1 Å². The maximum atomic E-state index is 13.7. The van der Waals surface area contributed by atoms with E-state index in [-0.39, 0.29) is 5.82 Å². The molecule has 4 rings (SSSR count). The third-order valence-electron chi connectivity index (χ3n) is 4.37. The van der Waals surface area contributed by atoms with Crippen molar-refractivity contribution in [1.29, 1.82) is 0 Å². The van der Waals surface area contributed by atoms with Gasteiger partial charge in [0.2, 0.25) is 0 Å². The third-order valence-corrected chi connectivity index (χ3v) is 5.08. The molecule has 1 unspecified atom stereocenters. The van der Waals surface area contributed by atoms with Gasteiger partial charge in [0.25, 0.3) is 0 Å². The molecular formula is C24H16BrClFN3O. The first-order valence-electron chi connectivity index (χ1n) is 9.38. The summed E-state index contributed by atoms with van der Waals surface area (Å²) < 4.78 is 14.5. The number of rotatable bonds is 3. The van der Waals surface area contributed by atoms with Gasteiger partial charge in [-0.25, -0.2) is 14.4 Å². The lowest BCUT2D eigenvalue weighted by atomic mass is 10.1. The van der Waals surface area contributed by atoms with E-state index in [9.17, 15) is 9.50 Å². The summed E-state index contributed by atoms with van der Waals surface area (Å²) >= 11 is 9.53. The SMILES string of the molecule is CC(O)C#Cc1cc(Br)cc2c(Nc3cccc(F)c3)nc(-c3ccc(Cl)cc3)nc12. The molecule has 1 aromatic heterocycles. The second kappa shape index (κ2) is 9.03. The number of fused-ring (bicyclic) bond motifs is 1. The first kappa shape index (κ1) is 21.3. The van der Waals surface area contributed by atoms with Crippen molar-refractivity contribution in [2.75, 3.05) is 5.32 Å². The second-order valence-electron chi connectivity index (χ2n) is 6.83.